The molecular weight excluding hydrogens is 281 g/mol. The first-order valence-electron chi connectivity index (χ1n) is 7.38. The molecule has 0 atom stereocenters. The fourth-order valence-corrected chi connectivity index (χ4v) is 2.57. The third-order valence-corrected chi connectivity index (χ3v) is 4.12. The van der Waals surface area contributed by atoms with Crippen LogP contribution in [-0.4, -0.2) is 35.3 Å². The van der Waals surface area contributed by atoms with Gasteiger partial charge in [0.05, 0.1) is 24.0 Å². The summed E-state index contributed by atoms with van der Waals surface area (Å²) in [6.07, 6.45) is 2.01. The lowest BCUT2D eigenvalue weighted by molar-refractivity contribution is -0.179. The van der Waals surface area contributed by atoms with Crippen LogP contribution < -0.4 is 10.2 Å². The zero-order valence-electron chi connectivity index (χ0n) is 11.7. The van der Waals surface area contributed by atoms with Gasteiger partial charge >= 0.3 is 6.18 Å². The molecule has 1 aliphatic carbocycles. The number of hydrogen-bond donors (Lipinski definition) is 1. The molecule has 2 aliphatic rings. The molecule has 0 spiro atoms. The molecule has 0 aromatic carbocycles. The molecule has 2 fully saturated rings. The lowest BCUT2D eigenvalue weighted by atomic mass is 9.96. The Labute approximate surface area is 121 Å². The topological polar surface area (TPSA) is 41.1 Å². The second-order valence-corrected chi connectivity index (χ2v) is 5.82. The minimum absolute atomic E-state index is 0.135. The van der Waals surface area contributed by atoms with E-state index in [0.717, 1.165) is 5.69 Å². The molecule has 0 amide bonds. The first-order valence-corrected chi connectivity index (χ1v) is 7.38. The molecule has 4 nitrogen and oxygen atoms in total. The van der Waals surface area contributed by atoms with E-state index < -0.39 is 12.1 Å². The summed E-state index contributed by atoms with van der Waals surface area (Å²) in [6.45, 7) is 1.48. The number of anilines is 1. The van der Waals surface area contributed by atoms with E-state index in [1.807, 2.05) is 4.90 Å². The molecule has 0 radical (unpaired) electrons. The molecule has 1 N–H and O–H groups in total. The van der Waals surface area contributed by atoms with Crippen molar-refractivity contribution in [1.29, 1.82) is 0 Å². The van der Waals surface area contributed by atoms with Gasteiger partial charge in [0.2, 0.25) is 0 Å². The Bertz CT molecular complexity index is 462. The third-order valence-electron chi connectivity index (χ3n) is 4.12. The highest BCUT2D eigenvalue weighted by Crippen LogP contribution is 2.34. The lowest BCUT2D eigenvalue weighted by Crippen LogP contribution is -2.39. The van der Waals surface area contributed by atoms with Crippen molar-refractivity contribution in [2.24, 2.45) is 5.92 Å². The number of hydrogen-bond acceptors (Lipinski definition) is 4. The molecule has 1 aromatic heterocycles. The summed E-state index contributed by atoms with van der Waals surface area (Å²) < 4.78 is 37.9. The Morgan fingerprint density at radius 3 is 2.33 bits per heavy atom. The molecule has 1 saturated heterocycles. The highest BCUT2D eigenvalue weighted by Gasteiger charge is 2.41. The van der Waals surface area contributed by atoms with E-state index in [1.165, 1.54) is 12.8 Å². The van der Waals surface area contributed by atoms with Crippen LogP contribution in [0.3, 0.4) is 0 Å². The van der Waals surface area contributed by atoms with Crippen molar-refractivity contribution in [2.75, 3.05) is 18.0 Å². The van der Waals surface area contributed by atoms with Crippen molar-refractivity contribution < 1.29 is 13.2 Å². The van der Waals surface area contributed by atoms with Crippen LogP contribution in [0.25, 0.3) is 0 Å². The van der Waals surface area contributed by atoms with Crippen LogP contribution >= 0.6 is 0 Å². The van der Waals surface area contributed by atoms with E-state index in [9.17, 15) is 13.2 Å². The molecular formula is C14H19F3N4. The summed E-state index contributed by atoms with van der Waals surface area (Å²) in [5, 5.41) is 3.35. The quantitative estimate of drug-likeness (QED) is 0.927. The monoisotopic (exact) mass is 300 g/mol. The van der Waals surface area contributed by atoms with E-state index in [-0.39, 0.29) is 12.8 Å². The second-order valence-electron chi connectivity index (χ2n) is 5.82. The van der Waals surface area contributed by atoms with Gasteiger partial charge in [0.1, 0.15) is 5.82 Å². The summed E-state index contributed by atoms with van der Waals surface area (Å²) in [6, 6.07) is 0.618. The average molecular weight is 300 g/mol. The van der Waals surface area contributed by atoms with Gasteiger partial charge in [-0.25, -0.2) is 4.98 Å². The van der Waals surface area contributed by atoms with Gasteiger partial charge in [-0.2, -0.15) is 13.2 Å². The van der Waals surface area contributed by atoms with Crippen LogP contribution in [0.4, 0.5) is 19.0 Å². The van der Waals surface area contributed by atoms with Crippen molar-refractivity contribution in [2.45, 2.75) is 44.4 Å². The van der Waals surface area contributed by atoms with Crippen molar-refractivity contribution in [3.05, 3.63) is 18.1 Å². The minimum atomic E-state index is -4.07. The zero-order valence-corrected chi connectivity index (χ0v) is 11.7. The highest BCUT2D eigenvalue weighted by atomic mass is 19.4. The number of rotatable bonds is 4. The van der Waals surface area contributed by atoms with Gasteiger partial charge < -0.3 is 10.2 Å². The predicted molar refractivity (Wildman–Crippen MR) is 72.9 cm³/mol. The van der Waals surface area contributed by atoms with Crippen LogP contribution in [0.5, 0.6) is 0 Å². The van der Waals surface area contributed by atoms with Crippen molar-refractivity contribution >= 4 is 5.82 Å². The van der Waals surface area contributed by atoms with Crippen LogP contribution in [-0.2, 0) is 6.54 Å². The summed E-state index contributed by atoms with van der Waals surface area (Å²) in [5.74, 6) is -0.505. The molecule has 0 bridgehead atoms. The smallest absolute Gasteiger partial charge is 0.355 e. The number of alkyl halides is 3. The zero-order chi connectivity index (χ0) is 14.9. The first-order chi connectivity index (χ1) is 10.0. The largest absolute Gasteiger partial charge is 0.391 e. The molecule has 2 heterocycles. The van der Waals surface area contributed by atoms with Gasteiger partial charge in [-0.3, -0.25) is 4.98 Å². The van der Waals surface area contributed by atoms with Crippen LogP contribution in [0.15, 0.2) is 12.4 Å². The van der Waals surface area contributed by atoms with E-state index in [1.54, 1.807) is 12.4 Å². The molecule has 7 heteroatoms. The predicted octanol–water partition coefficient (Wildman–Crippen LogP) is 2.51. The van der Waals surface area contributed by atoms with Crippen molar-refractivity contribution in [3.8, 4) is 0 Å². The third kappa shape index (κ3) is 3.84. The number of halogens is 3. The highest BCUT2D eigenvalue weighted by molar-refractivity contribution is 5.36. The van der Waals surface area contributed by atoms with Gasteiger partial charge in [0, 0.05) is 25.7 Å². The Morgan fingerprint density at radius 1 is 1.10 bits per heavy atom. The summed E-state index contributed by atoms with van der Waals surface area (Å²) >= 11 is 0. The van der Waals surface area contributed by atoms with Crippen LogP contribution in [0, 0.1) is 5.92 Å². The molecule has 0 unspecified atom stereocenters. The maximum Gasteiger partial charge on any atom is 0.391 e. The van der Waals surface area contributed by atoms with Gasteiger partial charge in [-0.05, 0) is 25.7 Å². The molecule has 21 heavy (non-hydrogen) atoms. The average Bonchev–Trinajstić information content (AvgIpc) is 3.29. The van der Waals surface area contributed by atoms with Crippen molar-refractivity contribution in [1.82, 2.24) is 15.3 Å². The fraction of sp³-hybridized carbons (Fsp3) is 0.714. The minimum Gasteiger partial charge on any atom is -0.355 e. The van der Waals surface area contributed by atoms with Gasteiger partial charge in [-0.15, -0.1) is 0 Å². The Morgan fingerprint density at radius 2 is 1.81 bits per heavy atom. The summed E-state index contributed by atoms with van der Waals surface area (Å²) in [7, 11) is 0. The Hall–Kier alpha value is -1.37. The summed E-state index contributed by atoms with van der Waals surface area (Å²) in [4.78, 5) is 10.5. The molecule has 116 valence electrons. The van der Waals surface area contributed by atoms with Gasteiger partial charge in [0.25, 0.3) is 0 Å². The molecule has 1 aromatic rings. The summed E-state index contributed by atoms with van der Waals surface area (Å²) in [5.41, 5.74) is 0.871. The van der Waals surface area contributed by atoms with E-state index in [4.69, 9.17) is 0 Å². The van der Waals surface area contributed by atoms with Crippen molar-refractivity contribution in [3.63, 3.8) is 0 Å². The van der Waals surface area contributed by atoms with Gasteiger partial charge in [0.15, 0.2) is 0 Å². The van der Waals surface area contributed by atoms with Crippen LogP contribution in [0.2, 0.25) is 0 Å². The number of piperidine rings is 1. The fourth-order valence-electron chi connectivity index (χ4n) is 2.57. The molecule has 1 saturated carbocycles. The number of nitrogens with zero attached hydrogens (tertiary/aromatic N) is 3. The maximum absolute atomic E-state index is 12.6. The number of aromatic nitrogens is 2. The SMILES string of the molecule is FC(F)(F)C1CCN(c2cnc(CNC3CC3)cn2)CC1. The van der Waals surface area contributed by atoms with Crippen LogP contribution in [0.1, 0.15) is 31.4 Å². The Kier molecular flexibility index (Phi) is 4.01. The maximum atomic E-state index is 12.6. The standard InChI is InChI=1S/C14H19F3N4/c15-14(16,17)10-3-5-21(6-4-10)13-9-19-12(8-20-13)7-18-11-1-2-11/h8-11,18H,1-7H2. The van der Waals surface area contributed by atoms with Gasteiger partial charge in [-0.1, -0.05) is 0 Å². The normalized spacial score (nSPS) is 20.8. The molecule has 3 rings (SSSR count). The Balaban J connectivity index is 1.52. The van der Waals surface area contributed by atoms with E-state index >= 15 is 0 Å². The lowest BCUT2D eigenvalue weighted by Gasteiger charge is -2.33. The molecule has 1 aliphatic heterocycles. The van der Waals surface area contributed by atoms with E-state index in [0.29, 0.717) is 31.5 Å². The van der Waals surface area contributed by atoms with E-state index in [2.05, 4.69) is 15.3 Å². The number of nitrogens with one attached hydrogen (secondary N) is 1. The first kappa shape index (κ1) is 14.6. The second kappa shape index (κ2) is 5.79.